The predicted molar refractivity (Wildman–Crippen MR) is 83.2 cm³/mol. The van der Waals surface area contributed by atoms with Crippen LogP contribution in [0, 0.1) is 6.92 Å². The van der Waals surface area contributed by atoms with E-state index < -0.39 is 6.10 Å². The van der Waals surface area contributed by atoms with Crippen LogP contribution < -0.4 is 5.32 Å². The largest absolute Gasteiger partial charge is 0.390 e. The van der Waals surface area contributed by atoms with Crippen LogP contribution in [-0.4, -0.2) is 32.5 Å². The van der Waals surface area contributed by atoms with E-state index in [9.17, 15) is 5.11 Å². The molecule has 0 unspecified atom stereocenters. The first-order valence-corrected chi connectivity index (χ1v) is 8.39. The van der Waals surface area contributed by atoms with E-state index in [1.165, 1.54) is 17.8 Å². The number of nitrogens with one attached hydrogen (secondary N) is 1. The van der Waals surface area contributed by atoms with Crippen LogP contribution in [0.1, 0.15) is 36.4 Å². The second-order valence-corrected chi connectivity index (χ2v) is 6.70. The maximum absolute atomic E-state index is 10.2. The van der Waals surface area contributed by atoms with Crippen molar-refractivity contribution < 1.29 is 5.11 Å². The Kier molecular flexibility index (Phi) is 4.37. The first-order chi connectivity index (χ1) is 10.2. The summed E-state index contributed by atoms with van der Waals surface area (Å²) in [5.41, 5.74) is 1.05. The summed E-state index contributed by atoms with van der Waals surface area (Å²) >= 11 is 1.73. The van der Waals surface area contributed by atoms with Crippen molar-refractivity contribution in [1.82, 2.24) is 20.1 Å². The van der Waals surface area contributed by atoms with E-state index in [0.29, 0.717) is 13.1 Å². The van der Waals surface area contributed by atoms with Gasteiger partial charge < -0.3 is 10.4 Å². The summed E-state index contributed by atoms with van der Waals surface area (Å²) in [5.74, 6) is 0. The van der Waals surface area contributed by atoms with Gasteiger partial charge in [0, 0.05) is 30.0 Å². The fourth-order valence-electron chi connectivity index (χ4n) is 3.02. The maximum Gasteiger partial charge on any atom is 0.113 e. The molecule has 2 N–H and O–H groups in total. The smallest absolute Gasteiger partial charge is 0.113 e. The number of hydrogen-bond donors (Lipinski definition) is 2. The highest BCUT2D eigenvalue weighted by Crippen LogP contribution is 2.40. The molecule has 2 aromatic rings. The van der Waals surface area contributed by atoms with Crippen LogP contribution in [0.15, 0.2) is 23.8 Å². The lowest BCUT2D eigenvalue weighted by Gasteiger charge is -2.29. The first kappa shape index (κ1) is 14.7. The molecule has 114 valence electrons. The highest BCUT2D eigenvalue weighted by atomic mass is 32.1. The van der Waals surface area contributed by atoms with Crippen molar-refractivity contribution in [2.45, 2.75) is 50.8 Å². The third kappa shape index (κ3) is 3.33. The van der Waals surface area contributed by atoms with E-state index in [1.807, 2.05) is 19.2 Å². The van der Waals surface area contributed by atoms with Crippen LogP contribution in [-0.2, 0) is 12.1 Å². The number of aryl methyl sites for hydroxylation is 1. The van der Waals surface area contributed by atoms with Crippen LogP contribution in [0.4, 0.5) is 0 Å². The molecule has 2 aromatic heterocycles. The zero-order chi connectivity index (χ0) is 14.7. The second-order valence-electron chi connectivity index (χ2n) is 5.85. The molecule has 6 heteroatoms. The molecule has 0 radical (unpaired) electrons. The first-order valence-electron chi connectivity index (χ1n) is 7.51. The Labute approximate surface area is 129 Å². The van der Waals surface area contributed by atoms with Crippen molar-refractivity contribution in [3.8, 4) is 0 Å². The van der Waals surface area contributed by atoms with Gasteiger partial charge in [-0.05, 0) is 25.8 Å². The van der Waals surface area contributed by atoms with E-state index in [0.717, 1.165) is 18.5 Å². The molecular weight excluding hydrogens is 284 g/mol. The predicted octanol–water partition coefficient (Wildman–Crippen LogP) is 2.07. The molecular formula is C15H22N4OS. The molecule has 1 aliphatic rings. The SMILES string of the molecule is Cc1csc(C2(NC[C@H](O)Cn3cccn3)CCCC2)n1. The summed E-state index contributed by atoms with van der Waals surface area (Å²) in [6.07, 6.45) is 7.82. The molecule has 21 heavy (non-hydrogen) atoms. The van der Waals surface area contributed by atoms with Gasteiger partial charge in [0.1, 0.15) is 5.01 Å². The Hall–Kier alpha value is -1.24. The molecule has 1 saturated carbocycles. The molecule has 1 atom stereocenters. The van der Waals surface area contributed by atoms with E-state index in [1.54, 1.807) is 22.2 Å². The van der Waals surface area contributed by atoms with Gasteiger partial charge >= 0.3 is 0 Å². The second kappa shape index (κ2) is 6.25. The molecule has 2 heterocycles. The molecule has 3 rings (SSSR count). The number of rotatable bonds is 6. The molecule has 5 nitrogen and oxygen atoms in total. The van der Waals surface area contributed by atoms with Crippen molar-refractivity contribution in [2.24, 2.45) is 0 Å². The lowest BCUT2D eigenvalue weighted by Crippen LogP contribution is -2.44. The summed E-state index contributed by atoms with van der Waals surface area (Å²) in [5, 5.41) is 21.2. The van der Waals surface area contributed by atoms with Gasteiger partial charge in [-0.25, -0.2) is 4.98 Å². The third-order valence-corrected chi connectivity index (χ3v) is 5.28. The molecule has 0 bridgehead atoms. The monoisotopic (exact) mass is 306 g/mol. The number of thiazole rings is 1. The summed E-state index contributed by atoms with van der Waals surface area (Å²) in [6.45, 7) is 3.13. The lowest BCUT2D eigenvalue weighted by atomic mass is 9.98. The molecule has 0 amide bonds. The van der Waals surface area contributed by atoms with Crippen molar-refractivity contribution in [1.29, 1.82) is 0 Å². The molecule has 0 spiro atoms. The van der Waals surface area contributed by atoms with E-state index in [2.05, 4.69) is 20.8 Å². The number of nitrogens with zero attached hydrogens (tertiary/aromatic N) is 3. The minimum Gasteiger partial charge on any atom is -0.390 e. The fraction of sp³-hybridized carbons (Fsp3) is 0.600. The quantitative estimate of drug-likeness (QED) is 0.857. The summed E-state index contributed by atoms with van der Waals surface area (Å²) in [7, 11) is 0. The fourth-order valence-corrected chi connectivity index (χ4v) is 4.05. The van der Waals surface area contributed by atoms with E-state index >= 15 is 0 Å². The Bertz CT molecular complexity index is 560. The highest BCUT2D eigenvalue weighted by Gasteiger charge is 2.38. The van der Waals surface area contributed by atoms with Crippen LogP contribution in [0.5, 0.6) is 0 Å². The summed E-state index contributed by atoms with van der Waals surface area (Å²) < 4.78 is 1.77. The lowest BCUT2D eigenvalue weighted by molar-refractivity contribution is 0.131. The van der Waals surface area contributed by atoms with Gasteiger partial charge in [0.15, 0.2) is 0 Å². The zero-order valence-electron chi connectivity index (χ0n) is 12.3. The van der Waals surface area contributed by atoms with Crippen molar-refractivity contribution in [2.75, 3.05) is 6.54 Å². The number of aromatic nitrogens is 3. The molecule has 0 aliphatic heterocycles. The van der Waals surface area contributed by atoms with Gasteiger partial charge in [-0.15, -0.1) is 11.3 Å². The van der Waals surface area contributed by atoms with Crippen molar-refractivity contribution >= 4 is 11.3 Å². The van der Waals surface area contributed by atoms with E-state index in [-0.39, 0.29) is 5.54 Å². The van der Waals surface area contributed by atoms with Gasteiger partial charge in [0.2, 0.25) is 0 Å². The Morgan fingerprint density at radius 1 is 1.48 bits per heavy atom. The number of aliphatic hydroxyl groups is 1. The average molecular weight is 306 g/mol. The minimum absolute atomic E-state index is 0.0377. The van der Waals surface area contributed by atoms with Crippen molar-refractivity contribution in [3.05, 3.63) is 34.5 Å². The Morgan fingerprint density at radius 2 is 2.29 bits per heavy atom. The van der Waals surface area contributed by atoms with Gasteiger partial charge in [0.25, 0.3) is 0 Å². The minimum atomic E-state index is -0.441. The van der Waals surface area contributed by atoms with E-state index in [4.69, 9.17) is 0 Å². The molecule has 0 saturated heterocycles. The Morgan fingerprint density at radius 3 is 2.90 bits per heavy atom. The van der Waals surface area contributed by atoms with Crippen LogP contribution in [0.25, 0.3) is 0 Å². The number of hydrogen-bond acceptors (Lipinski definition) is 5. The van der Waals surface area contributed by atoms with Crippen LogP contribution in [0.3, 0.4) is 0 Å². The molecule has 1 fully saturated rings. The van der Waals surface area contributed by atoms with Crippen LogP contribution in [0.2, 0.25) is 0 Å². The molecule has 0 aromatic carbocycles. The van der Waals surface area contributed by atoms with Crippen molar-refractivity contribution in [3.63, 3.8) is 0 Å². The molecule has 1 aliphatic carbocycles. The maximum atomic E-state index is 10.2. The third-order valence-electron chi connectivity index (χ3n) is 4.12. The summed E-state index contributed by atoms with van der Waals surface area (Å²) in [4.78, 5) is 4.68. The number of aliphatic hydroxyl groups excluding tert-OH is 1. The average Bonchev–Trinajstić information content (AvgIpc) is 3.17. The highest BCUT2D eigenvalue weighted by molar-refractivity contribution is 7.09. The Balaban J connectivity index is 1.63. The summed E-state index contributed by atoms with van der Waals surface area (Å²) in [6, 6.07) is 1.87. The van der Waals surface area contributed by atoms with Crippen LogP contribution >= 0.6 is 11.3 Å². The van der Waals surface area contributed by atoms with Gasteiger partial charge in [-0.1, -0.05) is 12.8 Å². The van der Waals surface area contributed by atoms with Gasteiger partial charge in [-0.2, -0.15) is 5.10 Å². The topological polar surface area (TPSA) is 63.0 Å². The van der Waals surface area contributed by atoms with Gasteiger partial charge in [0.05, 0.1) is 18.2 Å². The zero-order valence-corrected chi connectivity index (χ0v) is 13.1. The normalized spacial score (nSPS) is 19.0. The standard InChI is InChI=1S/C15H22N4OS/c1-12-11-21-14(18-12)15(5-2-3-6-15)16-9-13(20)10-19-8-4-7-17-19/h4,7-8,11,13,16,20H,2-3,5-6,9-10H2,1H3/t13-/m0/s1. The van der Waals surface area contributed by atoms with Gasteiger partial charge in [-0.3, -0.25) is 4.68 Å².